The van der Waals surface area contributed by atoms with Crippen LogP contribution in [0, 0.1) is 5.92 Å². The number of rotatable bonds is 8. The van der Waals surface area contributed by atoms with Gasteiger partial charge in [0.2, 0.25) is 0 Å². The highest BCUT2D eigenvalue weighted by Crippen LogP contribution is 2.36. The van der Waals surface area contributed by atoms with Crippen LogP contribution in [0.3, 0.4) is 0 Å². The van der Waals surface area contributed by atoms with Crippen LogP contribution in [0.4, 0.5) is 18.9 Å². The predicted octanol–water partition coefficient (Wildman–Crippen LogP) is 2.55. The zero-order valence-corrected chi connectivity index (χ0v) is 14.5. The minimum Gasteiger partial charge on any atom is -0.389 e. The molecule has 0 fully saturated rings. The molecule has 1 aromatic carbocycles. The number of anilines is 1. The van der Waals surface area contributed by atoms with Crippen molar-refractivity contribution in [3.63, 3.8) is 0 Å². The van der Waals surface area contributed by atoms with Crippen molar-refractivity contribution in [3.05, 3.63) is 23.8 Å². The number of benzene rings is 1. The number of nitrogens with one attached hydrogen (secondary N) is 1. The van der Waals surface area contributed by atoms with Gasteiger partial charge in [0.1, 0.15) is 0 Å². The summed E-state index contributed by atoms with van der Waals surface area (Å²) in [5.41, 5.74) is -1.39. The van der Waals surface area contributed by atoms with Crippen molar-refractivity contribution in [2.24, 2.45) is 5.92 Å². The molecule has 0 radical (unpaired) electrons. The zero-order chi connectivity index (χ0) is 18.5. The number of ether oxygens (including phenoxy) is 1. The summed E-state index contributed by atoms with van der Waals surface area (Å²) in [6.45, 7) is 4.15. The summed E-state index contributed by atoms with van der Waals surface area (Å²) in [6, 6.07) is 2.72. The van der Waals surface area contributed by atoms with E-state index in [1.165, 1.54) is 0 Å². The topological polar surface area (TPSA) is 75.6 Å². The molecule has 0 spiro atoms. The molecule has 0 aromatic heterocycles. The van der Waals surface area contributed by atoms with Crippen LogP contribution in [0.5, 0.6) is 0 Å². The quantitative estimate of drug-likeness (QED) is 0.737. The van der Waals surface area contributed by atoms with Gasteiger partial charge in [-0.3, -0.25) is 0 Å². The van der Waals surface area contributed by atoms with E-state index in [0.717, 1.165) is 18.4 Å². The van der Waals surface area contributed by atoms with E-state index in [0.29, 0.717) is 12.7 Å². The number of aliphatic hydroxyl groups is 1. The number of halogens is 3. The highest BCUT2D eigenvalue weighted by atomic mass is 32.2. The highest BCUT2D eigenvalue weighted by Gasteiger charge is 2.34. The van der Waals surface area contributed by atoms with Crippen molar-refractivity contribution >= 4 is 15.5 Å². The van der Waals surface area contributed by atoms with Crippen LogP contribution in [-0.2, 0) is 20.8 Å². The van der Waals surface area contributed by atoms with Crippen LogP contribution in [-0.4, -0.2) is 45.6 Å². The molecule has 0 aliphatic carbocycles. The minimum absolute atomic E-state index is 0.00600. The molecule has 0 bridgehead atoms. The van der Waals surface area contributed by atoms with Gasteiger partial charge in [-0.2, -0.15) is 13.2 Å². The van der Waals surface area contributed by atoms with E-state index in [4.69, 9.17) is 4.74 Å². The van der Waals surface area contributed by atoms with Gasteiger partial charge in [-0.15, -0.1) is 0 Å². The average Bonchev–Trinajstić information content (AvgIpc) is 2.42. The van der Waals surface area contributed by atoms with E-state index >= 15 is 0 Å². The van der Waals surface area contributed by atoms with Gasteiger partial charge in [0.15, 0.2) is 9.84 Å². The minimum atomic E-state index is -4.72. The van der Waals surface area contributed by atoms with Gasteiger partial charge in [-0.25, -0.2) is 8.42 Å². The molecule has 1 atom stereocenters. The SMILES string of the molecule is CC(C)COC[C@@H](O)CNc1ccc(S(C)(=O)=O)cc1C(F)(F)F. The molecular weight excluding hydrogens is 347 g/mol. The molecule has 9 heteroatoms. The molecule has 0 unspecified atom stereocenters. The fraction of sp³-hybridized carbons (Fsp3) is 0.600. The lowest BCUT2D eigenvalue weighted by Crippen LogP contribution is -2.26. The van der Waals surface area contributed by atoms with Crippen LogP contribution in [0.1, 0.15) is 19.4 Å². The Morgan fingerprint density at radius 2 is 1.88 bits per heavy atom. The number of aliphatic hydroxyl groups excluding tert-OH is 1. The van der Waals surface area contributed by atoms with Gasteiger partial charge < -0.3 is 15.2 Å². The number of alkyl halides is 3. The van der Waals surface area contributed by atoms with Gasteiger partial charge in [-0.05, 0) is 24.1 Å². The average molecular weight is 369 g/mol. The van der Waals surface area contributed by atoms with Crippen molar-refractivity contribution in [1.82, 2.24) is 0 Å². The summed E-state index contributed by atoms with van der Waals surface area (Å²) < 4.78 is 67.4. The highest BCUT2D eigenvalue weighted by molar-refractivity contribution is 7.90. The third kappa shape index (κ3) is 6.66. The van der Waals surface area contributed by atoms with E-state index < -0.39 is 32.6 Å². The van der Waals surface area contributed by atoms with Crippen LogP contribution in [0.2, 0.25) is 0 Å². The first-order chi connectivity index (χ1) is 10.9. The second-order valence-electron chi connectivity index (χ2n) is 5.94. The molecule has 0 amide bonds. The Bertz CT molecular complexity index is 645. The lowest BCUT2D eigenvalue weighted by atomic mass is 10.1. The van der Waals surface area contributed by atoms with Crippen molar-refractivity contribution in [3.8, 4) is 0 Å². The van der Waals surface area contributed by atoms with E-state index in [1.54, 1.807) is 0 Å². The summed E-state index contributed by atoms with van der Waals surface area (Å²) in [5.74, 6) is 0.283. The largest absolute Gasteiger partial charge is 0.418 e. The molecule has 138 valence electrons. The van der Waals surface area contributed by atoms with E-state index in [1.807, 2.05) is 13.8 Å². The van der Waals surface area contributed by atoms with Crippen molar-refractivity contribution in [2.45, 2.75) is 31.0 Å². The summed E-state index contributed by atoms with van der Waals surface area (Å²) in [5, 5.41) is 12.2. The summed E-state index contributed by atoms with van der Waals surface area (Å²) in [7, 11) is -3.75. The maximum absolute atomic E-state index is 13.1. The second kappa shape index (κ2) is 8.17. The first-order valence-corrected chi connectivity index (χ1v) is 9.21. The van der Waals surface area contributed by atoms with Gasteiger partial charge in [-0.1, -0.05) is 13.8 Å². The Hall–Kier alpha value is -1.32. The molecular formula is C15H22F3NO4S. The third-order valence-electron chi connectivity index (χ3n) is 3.01. The molecule has 0 saturated carbocycles. The molecule has 5 nitrogen and oxygen atoms in total. The lowest BCUT2D eigenvalue weighted by molar-refractivity contribution is -0.137. The zero-order valence-electron chi connectivity index (χ0n) is 13.7. The van der Waals surface area contributed by atoms with E-state index in [2.05, 4.69) is 5.32 Å². The second-order valence-corrected chi connectivity index (χ2v) is 7.96. The monoisotopic (exact) mass is 369 g/mol. The van der Waals surface area contributed by atoms with E-state index in [-0.39, 0.29) is 24.8 Å². The Morgan fingerprint density at radius 3 is 2.38 bits per heavy atom. The Kier molecular flexibility index (Phi) is 7.06. The predicted molar refractivity (Wildman–Crippen MR) is 84.7 cm³/mol. The fourth-order valence-electron chi connectivity index (χ4n) is 1.87. The number of hydrogen-bond acceptors (Lipinski definition) is 5. The molecule has 0 aliphatic heterocycles. The smallest absolute Gasteiger partial charge is 0.389 e. The molecule has 0 aliphatic rings. The maximum atomic E-state index is 13.1. The van der Waals surface area contributed by atoms with Gasteiger partial charge in [0.05, 0.1) is 23.2 Å². The van der Waals surface area contributed by atoms with Crippen LogP contribution < -0.4 is 5.32 Å². The molecule has 2 N–H and O–H groups in total. The van der Waals surface area contributed by atoms with Gasteiger partial charge >= 0.3 is 6.18 Å². The third-order valence-corrected chi connectivity index (χ3v) is 4.12. The molecule has 0 heterocycles. The molecule has 24 heavy (non-hydrogen) atoms. The van der Waals surface area contributed by atoms with Crippen molar-refractivity contribution in [2.75, 3.05) is 31.3 Å². The Morgan fingerprint density at radius 1 is 1.25 bits per heavy atom. The van der Waals surface area contributed by atoms with Gasteiger partial charge in [0.25, 0.3) is 0 Å². The van der Waals surface area contributed by atoms with Crippen LogP contribution >= 0.6 is 0 Å². The van der Waals surface area contributed by atoms with E-state index in [9.17, 15) is 26.7 Å². The number of sulfone groups is 1. The summed E-state index contributed by atoms with van der Waals surface area (Å²) in [6.07, 6.45) is -4.87. The maximum Gasteiger partial charge on any atom is 0.418 e. The first-order valence-electron chi connectivity index (χ1n) is 7.32. The summed E-state index contributed by atoms with van der Waals surface area (Å²) >= 11 is 0. The van der Waals surface area contributed by atoms with Crippen LogP contribution in [0.25, 0.3) is 0 Å². The Balaban J connectivity index is 2.84. The van der Waals surface area contributed by atoms with Crippen molar-refractivity contribution < 1.29 is 31.4 Å². The summed E-state index contributed by atoms with van der Waals surface area (Å²) in [4.78, 5) is -0.416. The first kappa shape index (κ1) is 20.7. The van der Waals surface area contributed by atoms with Gasteiger partial charge in [0, 0.05) is 25.1 Å². The molecule has 0 saturated heterocycles. The standard InChI is InChI=1S/C15H22F3NO4S/c1-10(2)8-23-9-11(20)7-19-14-5-4-12(24(3,21)22)6-13(14)15(16,17)18/h4-6,10-11,19-20H,7-9H2,1-3H3/t11-/m0/s1. The fourth-order valence-corrected chi connectivity index (χ4v) is 2.52. The molecule has 1 rings (SSSR count). The lowest BCUT2D eigenvalue weighted by Gasteiger charge is -2.18. The Labute approximate surface area is 139 Å². The van der Waals surface area contributed by atoms with Crippen LogP contribution in [0.15, 0.2) is 23.1 Å². The van der Waals surface area contributed by atoms with Crippen molar-refractivity contribution in [1.29, 1.82) is 0 Å². The number of hydrogen-bond donors (Lipinski definition) is 2. The normalized spacial score (nSPS) is 14.0. The molecule has 1 aromatic rings.